The van der Waals surface area contributed by atoms with Crippen LogP contribution in [0, 0.1) is 5.82 Å². The van der Waals surface area contributed by atoms with E-state index >= 15 is 0 Å². The molecule has 1 N–H and O–H groups in total. The summed E-state index contributed by atoms with van der Waals surface area (Å²) >= 11 is 0. The number of hydrogen-bond acceptors (Lipinski definition) is 3. The van der Waals surface area contributed by atoms with Crippen molar-refractivity contribution in [2.45, 2.75) is 6.61 Å². The Morgan fingerprint density at radius 3 is 2.12 bits per heavy atom. The molecule has 0 bridgehead atoms. The van der Waals surface area contributed by atoms with Gasteiger partial charge in [0.05, 0.1) is 18.5 Å². The zero-order valence-electron chi connectivity index (χ0n) is 18.7. The van der Waals surface area contributed by atoms with Crippen LogP contribution in [-0.2, 0) is 6.61 Å². The first-order valence-corrected chi connectivity index (χ1v) is 11.0. The standard InChI is InChI=1S/C29H23FN2O2/c1-33-26-18-23(14-17-25(26)34-19-20-8-4-2-5-9-20)29-31-27(21-10-6-3-7-11-21)28(32-29)22-12-15-24(30)16-13-22/h2-18H,19H2,1H3,(H,31,32). The Morgan fingerprint density at radius 1 is 0.735 bits per heavy atom. The van der Waals surface area contributed by atoms with Gasteiger partial charge in [-0.15, -0.1) is 0 Å². The van der Waals surface area contributed by atoms with E-state index in [9.17, 15) is 4.39 Å². The van der Waals surface area contributed by atoms with Crippen LogP contribution in [0.15, 0.2) is 103 Å². The maximum atomic E-state index is 13.5. The molecule has 4 nitrogen and oxygen atoms in total. The van der Waals surface area contributed by atoms with Crippen LogP contribution in [-0.4, -0.2) is 17.1 Å². The Bertz CT molecular complexity index is 1380. The van der Waals surface area contributed by atoms with Gasteiger partial charge in [-0.2, -0.15) is 0 Å². The summed E-state index contributed by atoms with van der Waals surface area (Å²) < 4.78 is 25.1. The lowest BCUT2D eigenvalue weighted by Crippen LogP contribution is -1.98. The first-order valence-electron chi connectivity index (χ1n) is 11.0. The quantitative estimate of drug-likeness (QED) is 0.287. The van der Waals surface area contributed by atoms with E-state index in [-0.39, 0.29) is 5.82 Å². The van der Waals surface area contributed by atoms with Crippen molar-refractivity contribution >= 4 is 0 Å². The number of aromatic nitrogens is 2. The fourth-order valence-electron chi connectivity index (χ4n) is 3.81. The SMILES string of the molecule is COc1cc(-c2nc(-c3ccccc3)c(-c3ccc(F)cc3)[nH]2)ccc1OCc1ccccc1. The Morgan fingerprint density at radius 2 is 1.41 bits per heavy atom. The Labute approximate surface area is 197 Å². The minimum absolute atomic E-state index is 0.277. The fraction of sp³-hybridized carbons (Fsp3) is 0.0690. The number of methoxy groups -OCH3 is 1. The number of nitrogens with one attached hydrogen (secondary N) is 1. The van der Waals surface area contributed by atoms with E-state index in [0.717, 1.165) is 33.6 Å². The smallest absolute Gasteiger partial charge is 0.161 e. The summed E-state index contributed by atoms with van der Waals surface area (Å²) in [5, 5.41) is 0. The molecule has 5 heteroatoms. The second-order valence-electron chi connectivity index (χ2n) is 7.82. The molecule has 1 heterocycles. The van der Waals surface area contributed by atoms with Gasteiger partial charge in [0.15, 0.2) is 11.5 Å². The van der Waals surface area contributed by atoms with Gasteiger partial charge >= 0.3 is 0 Å². The number of aromatic amines is 1. The van der Waals surface area contributed by atoms with Crippen LogP contribution < -0.4 is 9.47 Å². The minimum atomic E-state index is -0.277. The summed E-state index contributed by atoms with van der Waals surface area (Å²) in [6.45, 7) is 0.449. The molecule has 0 atom stereocenters. The first-order chi connectivity index (χ1) is 16.7. The third-order valence-electron chi connectivity index (χ3n) is 5.56. The van der Waals surface area contributed by atoms with E-state index in [2.05, 4.69) is 4.98 Å². The van der Waals surface area contributed by atoms with Gasteiger partial charge in [0.1, 0.15) is 18.2 Å². The molecule has 0 spiro atoms. The summed E-state index contributed by atoms with van der Waals surface area (Å²) in [6, 6.07) is 32.1. The van der Waals surface area contributed by atoms with E-state index < -0.39 is 0 Å². The molecule has 0 amide bonds. The van der Waals surface area contributed by atoms with Crippen LogP contribution in [0.4, 0.5) is 4.39 Å². The summed E-state index contributed by atoms with van der Waals surface area (Å²) in [5.74, 6) is 1.68. The monoisotopic (exact) mass is 450 g/mol. The molecule has 1 aromatic heterocycles. The zero-order valence-corrected chi connectivity index (χ0v) is 18.7. The Hall–Kier alpha value is -4.38. The van der Waals surface area contributed by atoms with Crippen LogP contribution in [0.1, 0.15) is 5.56 Å². The molecular formula is C29H23FN2O2. The second kappa shape index (κ2) is 9.63. The van der Waals surface area contributed by atoms with Crippen LogP contribution in [0.3, 0.4) is 0 Å². The molecule has 5 aromatic rings. The molecule has 0 unspecified atom stereocenters. The number of hydrogen-bond donors (Lipinski definition) is 1. The average Bonchev–Trinajstić information content (AvgIpc) is 3.34. The molecule has 0 radical (unpaired) electrons. The molecule has 0 aliphatic carbocycles. The molecule has 0 aliphatic heterocycles. The largest absolute Gasteiger partial charge is 0.493 e. The van der Waals surface area contributed by atoms with Gasteiger partial charge in [-0.1, -0.05) is 60.7 Å². The number of halogens is 1. The summed E-state index contributed by atoms with van der Waals surface area (Å²) in [4.78, 5) is 8.33. The Balaban J connectivity index is 1.51. The summed E-state index contributed by atoms with van der Waals surface area (Å²) in [7, 11) is 1.62. The van der Waals surface area contributed by atoms with Crippen molar-refractivity contribution in [3.05, 3.63) is 115 Å². The number of imidazole rings is 1. The van der Waals surface area contributed by atoms with Crippen LogP contribution >= 0.6 is 0 Å². The normalized spacial score (nSPS) is 10.8. The van der Waals surface area contributed by atoms with E-state index in [0.29, 0.717) is 23.9 Å². The van der Waals surface area contributed by atoms with Crippen molar-refractivity contribution in [2.75, 3.05) is 7.11 Å². The first kappa shape index (κ1) is 21.5. The molecule has 5 rings (SSSR count). The lowest BCUT2D eigenvalue weighted by molar-refractivity contribution is 0.284. The van der Waals surface area contributed by atoms with Crippen molar-refractivity contribution in [1.82, 2.24) is 9.97 Å². The third kappa shape index (κ3) is 4.55. The van der Waals surface area contributed by atoms with Gasteiger partial charge in [0.25, 0.3) is 0 Å². The third-order valence-corrected chi connectivity index (χ3v) is 5.56. The predicted octanol–water partition coefficient (Wildman–Crippen LogP) is 7.14. The molecule has 168 valence electrons. The minimum Gasteiger partial charge on any atom is -0.493 e. The molecule has 0 fully saturated rings. The van der Waals surface area contributed by atoms with E-state index in [4.69, 9.17) is 14.5 Å². The highest BCUT2D eigenvalue weighted by atomic mass is 19.1. The lowest BCUT2D eigenvalue weighted by atomic mass is 10.1. The van der Waals surface area contributed by atoms with Crippen molar-refractivity contribution in [3.63, 3.8) is 0 Å². The number of benzene rings is 4. The van der Waals surface area contributed by atoms with Crippen LogP contribution in [0.25, 0.3) is 33.9 Å². The van der Waals surface area contributed by atoms with Gasteiger partial charge in [0.2, 0.25) is 0 Å². The van der Waals surface area contributed by atoms with Crippen molar-refractivity contribution in [2.24, 2.45) is 0 Å². The van der Waals surface area contributed by atoms with E-state index in [1.165, 1.54) is 12.1 Å². The number of rotatable bonds is 7. The Kier molecular flexibility index (Phi) is 6.08. The molecule has 0 aliphatic rings. The number of H-pyrrole nitrogens is 1. The molecule has 0 saturated carbocycles. The van der Waals surface area contributed by atoms with E-state index in [1.54, 1.807) is 19.2 Å². The van der Waals surface area contributed by atoms with Crippen molar-refractivity contribution in [3.8, 4) is 45.4 Å². The number of ether oxygens (including phenoxy) is 2. The zero-order chi connectivity index (χ0) is 23.3. The van der Waals surface area contributed by atoms with Crippen LogP contribution in [0.5, 0.6) is 11.5 Å². The fourth-order valence-corrected chi connectivity index (χ4v) is 3.81. The lowest BCUT2D eigenvalue weighted by Gasteiger charge is -2.12. The van der Waals surface area contributed by atoms with Crippen LogP contribution in [0.2, 0.25) is 0 Å². The summed E-state index contributed by atoms with van der Waals surface area (Å²) in [6.07, 6.45) is 0. The molecule has 4 aromatic carbocycles. The number of nitrogens with zero attached hydrogens (tertiary/aromatic N) is 1. The van der Waals surface area contributed by atoms with Gasteiger partial charge < -0.3 is 14.5 Å². The highest BCUT2D eigenvalue weighted by Gasteiger charge is 2.17. The van der Waals surface area contributed by atoms with E-state index in [1.807, 2.05) is 78.9 Å². The van der Waals surface area contributed by atoms with Gasteiger partial charge in [-0.25, -0.2) is 9.37 Å². The average molecular weight is 451 g/mol. The topological polar surface area (TPSA) is 47.1 Å². The molecular weight excluding hydrogens is 427 g/mol. The maximum absolute atomic E-state index is 13.5. The molecule has 0 saturated heterocycles. The maximum Gasteiger partial charge on any atom is 0.161 e. The second-order valence-corrected chi connectivity index (χ2v) is 7.82. The summed E-state index contributed by atoms with van der Waals surface area (Å²) in [5.41, 5.74) is 5.38. The molecule has 34 heavy (non-hydrogen) atoms. The highest BCUT2D eigenvalue weighted by Crippen LogP contribution is 2.36. The predicted molar refractivity (Wildman–Crippen MR) is 132 cm³/mol. The van der Waals surface area contributed by atoms with Gasteiger partial charge in [-0.3, -0.25) is 0 Å². The van der Waals surface area contributed by atoms with Crippen molar-refractivity contribution in [1.29, 1.82) is 0 Å². The highest BCUT2D eigenvalue weighted by molar-refractivity contribution is 5.81. The van der Waals surface area contributed by atoms with Crippen molar-refractivity contribution < 1.29 is 13.9 Å². The van der Waals surface area contributed by atoms with Gasteiger partial charge in [-0.05, 0) is 48.0 Å². The van der Waals surface area contributed by atoms with Gasteiger partial charge in [0, 0.05) is 16.7 Å².